The van der Waals surface area contributed by atoms with Gasteiger partial charge in [0.2, 0.25) is 0 Å². The molecule has 0 bridgehead atoms. The Kier molecular flexibility index (Phi) is 6.16. The van der Waals surface area contributed by atoms with E-state index >= 15 is 0 Å². The van der Waals surface area contributed by atoms with Crippen molar-refractivity contribution in [2.75, 3.05) is 0 Å². The second kappa shape index (κ2) is 9.33. The molecule has 4 aromatic rings. The molecule has 0 aliphatic heterocycles. The maximum atomic E-state index is 13.5. The van der Waals surface area contributed by atoms with E-state index < -0.39 is 12.1 Å². The average molecular weight is 412 g/mol. The van der Waals surface area contributed by atoms with Crippen LogP contribution in [0.4, 0.5) is 0 Å². The highest BCUT2D eigenvalue weighted by Crippen LogP contribution is 2.29. The number of esters is 1. The lowest BCUT2D eigenvalue weighted by Crippen LogP contribution is -2.25. The molecule has 0 radical (unpaired) electrons. The molecule has 30 heavy (non-hydrogen) atoms. The molecule has 0 aliphatic rings. The van der Waals surface area contributed by atoms with Crippen molar-refractivity contribution in [3.8, 4) is 0 Å². The largest absolute Gasteiger partial charge is 0.451 e. The quantitative estimate of drug-likeness (QED) is 0.282. The summed E-state index contributed by atoms with van der Waals surface area (Å²) in [7, 11) is 0. The SMILES string of the molecule is O=C(OC(c1ccccc1)c1ccccc1)C(c1ccccc1)n1ccc(=S)cc1. The molecular weight excluding hydrogens is 390 g/mol. The van der Waals surface area contributed by atoms with Gasteiger partial charge in [0.1, 0.15) is 0 Å². The van der Waals surface area contributed by atoms with Crippen LogP contribution in [-0.4, -0.2) is 10.5 Å². The summed E-state index contributed by atoms with van der Waals surface area (Å²) in [6.45, 7) is 0. The monoisotopic (exact) mass is 411 g/mol. The number of pyridine rings is 1. The van der Waals surface area contributed by atoms with Gasteiger partial charge in [0.05, 0.1) is 0 Å². The second-order valence-electron chi connectivity index (χ2n) is 6.93. The van der Waals surface area contributed by atoms with Gasteiger partial charge in [-0.1, -0.05) is 103 Å². The zero-order chi connectivity index (χ0) is 20.8. The minimum absolute atomic E-state index is 0.332. The normalized spacial score (nSPS) is 11.8. The standard InChI is InChI=1S/C26H21NO2S/c28-26(24(20-10-4-1-5-11-20)27-18-16-23(30)17-19-27)29-25(21-12-6-2-7-13-21)22-14-8-3-9-15-22/h1-19,24-25H. The molecule has 4 rings (SSSR count). The van der Waals surface area contributed by atoms with Gasteiger partial charge in [-0.05, 0) is 28.8 Å². The third-order valence-electron chi connectivity index (χ3n) is 4.90. The Balaban J connectivity index is 1.73. The molecular formula is C26H21NO2S. The van der Waals surface area contributed by atoms with Gasteiger partial charge in [-0.3, -0.25) is 0 Å². The first-order chi connectivity index (χ1) is 14.7. The zero-order valence-electron chi connectivity index (χ0n) is 16.3. The van der Waals surface area contributed by atoms with E-state index in [1.165, 1.54) is 0 Å². The predicted molar refractivity (Wildman–Crippen MR) is 121 cm³/mol. The third-order valence-corrected chi connectivity index (χ3v) is 5.17. The summed E-state index contributed by atoms with van der Waals surface area (Å²) in [5.41, 5.74) is 2.70. The lowest BCUT2D eigenvalue weighted by molar-refractivity contribution is -0.150. The van der Waals surface area contributed by atoms with Crippen molar-refractivity contribution in [2.24, 2.45) is 0 Å². The molecule has 0 saturated carbocycles. The van der Waals surface area contributed by atoms with Crippen molar-refractivity contribution in [1.82, 2.24) is 4.57 Å². The number of benzene rings is 3. The molecule has 0 fully saturated rings. The summed E-state index contributed by atoms with van der Waals surface area (Å²) in [6.07, 6.45) is 3.15. The first-order valence-electron chi connectivity index (χ1n) is 9.75. The number of nitrogens with zero attached hydrogens (tertiary/aromatic N) is 1. The Bertz CT molecular complexity index is 1100. The van der Waals surface area contributed by atoms with E-state index in [1.54, 1.807) is 0 Å². The number of carbonyl (C=O) groups excluding carboxylic acids is 1. The fourth-order valence-corrected chi connectivity index (χ4v) is 3.55. The van der Waals surface area contributed by atoms with Crippen molar-refractivity contribution in [3.63, 3.8) is 0 Å². The van der Waals surface area contributed by atoms with E-state index in [0.717, 1.165) is 21.2 Å². The van der Waals surface area contributed by atoms with Crippen LogP contribution in [0.3, 0.4) is 0 Å². The highest BCUT2D eigenvalue weighted by atomic mass is 32.1. The van der Waals surface area contributed by atoms with Gasteiger partial charge in [0, 0.05) is 16.9 Å². The fraction of sp³-hybridized carbons (Fsp3) is 0.0769. The lowest BCUT2D eigenvalue weighted by Gasteiger charge is -2.24. The van der Waals surface area contributed by atoms with Crippen molar-refractivity contribution in [3.05, 3.63) is 137 Å². The number of hydrogen-bond donors (Lipinski definition) is 0. The summed E-state index contributed by atoms with van der Waals surface area (Å²) in [5.74, 6) is -0.332. The molecule has 1 atom stereocenters. The Hall–Kier alpha value is -3.50. The minimum Gasteiger partial charge on any atom is -0.451 e. The van der Waals surface area contributed by atoms with Crippen LogP contribution in [-0.2, 0) is 9.53 Å². The number of aromatic nitrogens is 1. The van der Waals surface area contributed by atoms with Crippen molar-refractivity contribution in [1.29, 1.82) is 0 Å². The smallest absolute Gasteiger partial charge is 0.334 e. The molecule has 0 aliphatic carbocycles. The summed E-state index contributed by atoms with van der Waals surface area (Å²) in [5, 5.41) is 0. The Morgan fingerprint density at radius 1 is 0.667 bits per heavy atom. The van der Waals surface area contributed by atoms with Crippen molar-refractivity contribution >= 4 is 18.2 Å². The van der Waals surface area contributed by atoms with Gasteiger partial charge >= 0.3 is 5.97 Å². The van der Waals surface area contributed by atoms with E-state index in [0.29, 0.717) is 0 Å². The van der Waals surface area contributed by atoms with E-state index in [1.807, 2.05) is 120 Å². The molecule has 0 N–H and O–H groups in total. The van der Waals surface area contributed by atoms with E-state index in [-0.39, 0.29) is 5.97 Å². The number of carbonyl (C=O) groups is 1. The van der Waals surface area contributed by atoms with Crippen molar-refractivity contribution < 1.29 is 9.53 Å². The first kappa shape index (κ1) is 19.8. The molecule has 3 nitrogen and oxygen atoms in total. The summed E-state index contributed by atoms with van der Waals surface area (Å²) in [4.78, 5) is 13.5. The van der Waals surface area contributed by atoms with Gasteiger partial charge in [-0.25, -0.2) is 4.79 Å². The van der Waals surface area contributed by atoms with Gasteiger partial charge in [-0.2, -0.15) is 0 Å². The van der Waals surface area contributed by atoms with E-state index in [2.05, 4.69) is 0 Å². The minimum atomic E-state index is -0.614. The van der Waals surface area contributed by atoms with Crippen LogP contribution in [0.1, 0.15) is 28.8 Å². The van der Waals surface area contributed by atoms with Gasteiger partial charge in [0.25, 0.3) is 0 Å². The second-order valence-corrected chi connectivity index (χ2v) is 7.40. The predicted octanol–water partition coefficient (Wildman–Crippen LogP) is 6.14. The first-order valence-corrected chi connectivity index (χ1v) is 10.2. The number of rotatable bonds is 6. The molecule has 1 unspecified atom stereocenters. The van der Waals surface area contributed by atoms with E-state index in [9.17, 15) is 4.79 Å². The molecule has 0 spiro atoms. The maximum Gasteiger partial charge on any atom is 0.334 e. The Morgan fingerprint density at radius 2 is 1.10 bits per heavy atom. The number of ether oxygens (including phenoxy) is 1. The van der Waals surface area contributed by atoms with Crippen LogP contribution in [0.25, 0.3) is 0 Å². The maximum absolute atomic E-state index is 13.5. The van der Waals surface area contributed by atoms with Gasteiger partial charge in [0.15, 0.2) is 12.1 Å². The summed E-state index contributed by atoms with van der Waals surface area (Å²) >= 11 is 5.21. The highest BCUT2D eigenvalue weighted by Gasteiger charge is 2.27. The molecule has 1 aromatic heterocycles. The fourth-order valence-electron chi connectivity index (χ4n) is 3.43. The van der Waals surface area contributed by atoms with Crippen LogP contribution < -0.4 is 0 Å². The van der Waals surface area contributed by atoms with Crippen LogP contribution in [0.2, 0.25) is 0 Å². The van der Waals surface area contributed by atoms with Crippen LogP contribution in [0.5, 0.6) is 0 Å². The summed E-state index contributed by atoms with van der Waals surface area (Å²) in [6, 6.07) is 32.2. The average Bonchev–Trinajstić information content (AvgIpc) is 2.81. The molecule has 3 aromatic carbocycles. The third kappa shape index (κ3) is 4.56. The molecule has 148 valence electrons. The van der Waals surface area contributed by atoms with Crippen LogP contribution in [0, 0.1) is 4.51 Å². The van der Waals surface area contributed by atoms with Gasteiger partial charge in [-0.15, -0.1) is 0 Å². The molecule has 0 amide bonds. The topological polar surface area (TPSA) is 31.2 Å². The Labute approximate surface area is 181 Å². The molecule has 0 saturated heterocycles. The Morgan fingerprint density at radius 3 is 1.57 bits per heavy atom. The van der Waals surface area contributed by atoms with Crippen molar-refractivity contribution in [2.45, 2.75) is 12.1 Å². The van der Waals surface area contributed by atoms with Crippen LogP contribution in [0.15, 0.2) is 116 Å². The molecule has 1 heterocycles. The molecule has 4 heteroatoms. The zero-order valence-corrected chi connectivity index (χ0v) is 17.1. The van der Waals surface area contributed by atoms with Crippen LogP contribution >= 0.6 is 12.2 Å². The van der Waals surface area contributed by atoms with E-state index in [4.69, 9.17) is 17.0 Å². The lowest BCUT2D eigenvalue weighted by atomic mass is 10.0. The van der Waals surface area contributed by atoms with Gasteiger partial charge < -0.3 is 9.30 Å². The number of hydrogen-bond acceptors (Lipinski definition) is 3. The highest BCUT2D eigenvalue weighted by molar-refractivity contribution is 7.71. The summed E-state index contributed by atoms with van der Waals surface area (Å²) < 4.78 is 8.69.